The topological polar surface area (TPSA) is 15.3 Å². The molecule has 2 heterocycles. The summed E-state index contributed by atoms with van der Waals surface area (Å²) in [6.45, 7) is 5.61. The van der Waals surface area contributed by atoms with Crippen LogP contribution in [0.3, 0.4) is 0 Å². The summed E-state index contributed by atoms with van der Waals surface area (Å²) >= 11 is 0. The van der Waals surface area contributed by atoms with Crippen LogP contribution in [0.4, 0.5) is 0 Å². The van der Waals surface area contributed by atoms with Crippen molar-refractivity contribution in [2.75, 3.05) is 20.1 Å². The lowest BCUT2D eigenvalue weighted by atomic mass is 9.81. The van der Waals surface area contributed by atoms with E-state index >= 15 is 0 Å². The highest BCUT2D eigenvalue weighted by Gasteiger charge is 2.43. The fourth-order valence-corrected chi connectivity index (χ4v) is 3.41. The van der Waals surface area contributed by atoms with E-state index in [-0.39, 0.29) is 0 Å². The maximum atomic E-state index is 3.47. The van der Waals surface area contributed by atoms with Gasteiger partial charge in [-0.05, 0) is 51.0 Å². The zero-order valence-electron chi connectivity index (χ0n) is 10.2. The molecule has 1 saturated heterocycles. The lowest BCUT2D eigenvalue weighted by molar-refractivity contribution is 0.0966. The van der Waals surface area contributed by atoms with Gasteiger partial charge in [-0.15, -0.1) is 0 Å². The van der Waals surface area contributed by atoms with Crippen LogP contribution in [-0.2, 0) is 12.1 Å². The predicted molar refractivity (Wildman–Crippen MR) is 66.4 cm³/mol. The lowest BCUT2D eigenvalue weighted by Crippen LogP contribution is -2.46. The van der Waals surface area contributed by atoms with E-state index in [4.69, 9.17) is 0 Å². The van der Waals surface area contributed by atoms with Gasteiger partial charge in [-0.2, -0.15) is 0 Å². The number of nitrogens with one attached hydrogen (secondary N) is 1. The molecule has 2 aliphatic heterocycles. The van der Waals surface area contributed by atoms with Gasteiger partial charge in [-0.3, -0.25) is 4.90 Å². The van der Waals surface area contributed by atoms with Gasteiger partial charge >= 0.3 is 0 Å². The molecule has 1 aromatic carbocycles. The van der Waals surface area contributed by atoms with E-state index in [0.29, 0.717) is 5.54 Å². The molecule has 2 aliphatic rings. The number of hydrogen-bond acceptors (Lipinski definition) is 2. The highest BCUT2D eigenvalue weighted by atomic mass is 15.2. The van der Waals surface area contributed by atoms with Gasteiger partial charge in [0.2, 0.25) is 0 Å². The molecule has 3 rings (SSSR count). The smallest absolute Gasteiger partial charge is 0.0488 e. The fraction of sp³-hybridized carbons (Fsp3) is 0.571. The van der Waals surface area contributed by atoms with Crippen molar-refractivity contribution >= 4 is 0 Å². The third kappa shape index (κ3) is 1.33. The number of rotatable bonds is 0. The Morgan fingerprint density at radius 3 is 2.75 bits per heavy atom. The minimum atomic E-state index is 0.328. The summed E-state index contributed by atoms with van der Waals surface area (Å²) in [5, 5.41) is 3.47. The van der Waals surface area contributed by atoms with Crippen LogP contribution < -0.4 is 5.32 Å². The van der Waals surface area contributed by atoms with Crippen LogP contribution in [0.1, 0.15) is 29.5 Å². The van der Waals surface area contributed by atoms with E-state index in [1.807, 2.05) is 0 Å². The van der Waals surface area contributed by atoms with Gasteiger partial charge in [0.25, 0.3) is 0 Å². The minimum Gasteiger partial charge on any atom is -0.317 e. The molecule has 0 aliphatic carbocycles. The Morgan fingerprint density at radius 1 is 1.25 bits per heavy atom. The van der Waals surface area contributed by atoms with Crippen molar-refractivity contribution in [3.05, 3.63) is 34.9 Å². The molecule has 1 N–H and O–H groups in total. The zero-order valence-corrected chi connectivity index (χ0v) is 10.2. The monoisotopic (exact) mass is 216 g/mol. The number of benzene rings is 1. The molecule has 1 fully saturated rings. The van der Waals surface area contributed by atoms with E-state index in [0.717, 1.165) is 19.6 Å². The van der Waals surface area contributed by atoms with Gasteiger partial charge < -0.3 is 5.32 Å². The third-order valence-electron chi connectivity index (χ3n) is 4.33. The molecule has 0 amide bonds. The molecule has 0 radical (unpaired) electrons. The summed E-state index contributed by atoms with van der Waals surface area (Å²) in [5.74, 6) is 0. The maximum absolute atomic E-state index is 3.47. The molecule has 0 atom stereocenters. The molecule has 1 spiro atoms. The van der Waals surface area contributed by atoms with E-state index in [9.17, 15) is 0 Å². The highest BCUT2D eigenvalue weighted by Crippen LogP contribution is 2.44. The van der Waals surface area contributed by atoms with E-state index in [1.165, 1.54) is 18.4 Å². The van der Waals surface area contributed by atoms with Gasteiger partial charge in [-0.25, -0.2) is 0 Å². The van der Waals surface area contributed by atoms with Crippen LogP contribution in [-0.4, -0.2) is 25.0 Å². The van der Waals surface area contributed by atoms with Crippen molar-refractivity contribution in [2.45, 2.75) is 31.8 Å². The molecule has 0 aromatic heterocycles. The predicted octanol–water partition coefficient (Wildman–Crippen LogP) is 2.02. The first-order valence-corrected chi connectivity index (χ1v) is 6.24. The van der Waals surface area contributed by atoms with Crippen LogP contribution in [0.2, 0.25) is 0 Å². The maximum Gasteiger partial charge on any atom is 0.0488 e. The van der Waals surface area contributed by atoms with Crippen molar-refractivity contribution in [3.8, 4) is 0 Å². The second-order valence-electron chi connectivity index (χ2n) is 5.30. The molecule has 2 heteroatoms. The van der Waals surface area contributed by atoms with Crippen molar-refractivity contribution in [1.29, 1.82) is 0 Å². The highest BCUT2D eigenvalue weighted by molar-refractivity contribution is 5.41. The molecular weight excluding hydrogens is 196 g/mol. The van der Waals surface area contributed by atoms with Gasteiger partial charge in [0, 0.05) is 12.1 Å². The van der Waals surface area contributed by atoms with Crippen molar-refractivity contribution in [2.24, 2.45) is 0 Å². The molecule has 1 aromatic rings. The summed E-state index contributed by atoms with van der Waals surface area (Å²) in [4.78, 5) is 2.55. The largest absolute Gasteiger partial charge is 0.317 e. The first-order valence-electron chi connectivity index (χ1n) is 6.24. The molecule has 2 nitrogen and oxygen atoms in total. The molecule has 0 bridgehead atoms. The van der Waals surface area contributed by atoms with Crippen LogP contribution in [0.5, 0.6) is 0 Å². The first kappa shape index (κ1) is 10.3. The summed E-state index contributed by atoms with van der Waals surface area (Å²) in [5.41, 5.74) is 4.85. The van der Waals surface area contributed by atoms with Crippen molar-refractivity contribution < 1.29 is 0 Å². The summed E-state index contributed by atoms with van der Waals surface area (Å²) < 4.78 is 0. The Bertz CT molecular complexity index is 405. The van der Waals surface area contributed by atoms with E-state index in [2.05, 4.69) is 42.4 Å². The fourth-order valence-electron chi connectivity index (χ4n) is 3.41. The Hall–Kier alpha value is -0.860. The second-order valence-corrected chi connectivity index (χ2v) is 5.30. The Morgan fingerprint density at radius 2 is 2.00 bits per heavy atom. The van der Waals surface area contributed by atoms with Crippen LogP contribution in [0.25, 0.3) is 0 Å². The minimum absolute atomic E-state index is 0.328. The number of fused-ring (bicyclic) bond motifs is 2. The SMILES string of the molecule is Cc1ccc2c(c1)CN(C)C21CCNCC1. The van der Waals surface area contributed by atoms with Crippen LogP contribution >= 0.6 is 0 Å². The number of hydrogen-bond donors (Lipinski definition) is 1. The second kappa shape index (κ2) is 3.57. The number of aryl methyl sites for hydroxylation is 1. The van der Waals surface area contributed by atoms with Gasteiger partial charge in [0.1, 0.15) is 0 Å². The van der Waals surface area contributed by atoms with E-state index < -0.39 is 0 Å². The zero-order chi connectivity index (χ0) is 11.2. The quantitative estimate of drug-likeness (QED) is 0.714. The summed E-state index contributed by atoms with van der Waals surface area (Å²) in [6, 6.07) is 6.99. The molecular formula is C14H20N2. The van der Waals surface area contributed by atoms with Crippen molar-refractivity contribution in [3.63, 3.8) is 0 Å². The number of piperidine rings is 1. The third-order valence-corrected chi connectivity index (χ3v) is 4.33. The van der Waals surface area contributed by atoms with Crippen LogP contribution in [0, 0.1) is 6.92 Å². The average Bonchev–Trinajstić information content (AvgIpc) is 2.53. The van der Waals surface area contributed by atoms with Gasteiger partial charge in [0.05, 0.1) is 0 Å². The molecule has 16 heavy (non-hydrogen) atoms. The lowest BCUT2D eigenvalue weighted by Gasteiger charge is -2.40. The van der Waals surface area contributed by atoms with Gasteiger partial charge in [-0.1, -0.05) is 23.8 Å². The Kier molecular flexibility index (Phi) is 2.30. The Balaban J connectivity index is 2.07. The summed E-state index contributed by atoms with van der Waals surface area (Å²) in [6.07, 6.45) is 2.50. The van der Waals surface area contributed by atoms with E-state index in [1.54, 1.807) is 11.1 Å². The molecule has 0 unspecified atom stereocenters. The average molecular weight is 216 g/mol. The molecule has 0 saturated carbocycles. The summed E-state index contributed by atoms with van der Waals surface area (Å²) in [7, 11) is 2.28. The molecule has 86 valence electrons. The van der Waals surface area contributed by atoms with Crippen molar-refractivity contribution in [1.82, 2.24) is 10.2 Å². The van der Waals surface area contributed by atoms with Crippen LogP contribution in [0.15, 0.2) is 18.2 Å². The first-order chi connectivity index (χ1) is 7.72. The normalized spacial score (nSPS) is 23.6. The van der Waals surface area contributed by atoms with Gasteiger partial charge in [0.15, 0.2) is 0 Å². The standard InChI is InChI=1S/C14H20N2/c1-11-3-4-13-12(9-11)10-16(2)14(13)5-7-15-8-6-14/h3-4,9,15H,5-8,10H2,1-2H3. The Labute approximate surface area is 97.6 Å². The number of nitrogens with zero attached hydrogens (tertiary/aromatic N) is 1.